The standard InChI is InChI=1S/C32H37F15O/c1-2-3-4-19-5-7-20(8-6-19)9-10-21-11-13-22(14-12-21)23-15-17-24(18-16-23)25(48)26(33,34)27(35,36)28(37,38)29(39,40)30(41,42)31(43,44)32(45,46)47/h15-22H,2-14H2,1H3/t19-,20-,21-,22-. The molecule has 1 nitrogen and oxygen atoms in total. The van der Waals surface area contributed by atoms with Crippen molar-refractivity contribution in [2.24, 2.45) is 17.8 Å². The summed E-state index contributed by atoms with van der Waals surface area (Å²) in [5.74, 6) is -49.5. The molecule has 0 unspecified atom stereocenters. The molecule has 1 aromatic carbocycles. The molecular formula is C32H37F15O. The molecule has 2 aliphatic carbocycles. The molecule has 0 spiro atoms. The summed E-state index contributed by atoms with van der Waals surface area (Å²) >= 11 is 0. The van der Waals surface area contributed by atoms with Crippen LogP contribution in [0.2, 0.25) is 0 Å². The molecule has 2 fully saturated rings. The number of rotatable bonds is 14. The van der Waals surface area contributed by atoms with Gasteiger partial charge < -0.3 is 0 Å². The molecule has 0 radical (unpaired) electrons. The largest absolute Gasteiger partial charge is 0.460 e. The minimum atomic E-state index is -8.43. The summed E-state index contributed by atoms with van der Waals surface area (Å²) in [6.45, 7) is 2.17. The van der Waals surface area contributed by atoms with Gasteiger partial charge in [-0.25, -0.2) is 0 Å². The molecule has 0 amide bonds. The number of hydrogen-bond donors (Lipinski definition) is 0. The van der Waals surface area contributed by atoms with E-state index in [4.69, 9.17) is 0 Å². The minimum absolute atomic E-state index is 0.151. The van der Waals surface area contributed by atoms with Crippen LogP contribution >= 0.6 is 0 Å². The maximum atomic E-state index is 14.4. The Labute approximate surface area is 268 Å². The van der Waals surface area contributed by atoms with Gasteiger partial charge in [0.15, 0.2) is 0 Å². The first-order valence-electron chi connectivity index (χ1n) is 15.8. The smallest absolute Gasteiger partial charge is 0.287 e. The number of benzene rings is 1. The average molecular weight is 723 g/mol. The fraction of sp³-hybridized carbons (Fsp3) is 0.781. The van der Waals surface area contributed by atoms with Crippen LogP contribution in [0.15, 0.2) is 24.3 Å². The quantitative estimate of drug-likeness (QED) is 0.138. The highest BCUT2D eigenvalue weighted by molar-refractivity contribution is 6.02. The maximum Gasteiger partial charge on any atom is 0.460 e. The number of ketones is 1. The van der Waals surface area contributed by atoms with Gasteiger partial charge in [-0.2, -0.15) is 65.9 Å². The first-order chi connectivity index (χ1) is 21.9. The fourth-order valence-electron chi connectivity index (χ4n) is 6.75. The second kappa shape index (κ2) is 14.2. The van der Waals surface area contributed by atoms with Crippen molar-refractivity contribution in [2.45, 2.75) is 138 Å². The van der Waals surface area contributed by atoms with Crippen LogP contribution in [-0.2, 0) is 0 Å². The zero-order chi connectivity index (χ0) is 36.6. The van der Waals surface area contributed by atoms with Crippen LogP contribution in [-0.4, -0.2) is 47.5 Å². The average Bonchev–Trinajstić information content (AvgIpc) is 3.02. The molecule has 0 aromatic heterocycles. The van der Waals surface area contributed by atoms with Crippen LogP contribution in [0.4, 0.5) is 65.9 Å². The number of alkyl halides is 15. The van der Waals surface area contributed by atoms with Crippen LogP contribution in [0.5, 0.6) is 0 Å². The van der Waals surface area contributed by atoms with E-state index in [1.54, 1.807) is 0 Å². The van der Waals surface area contributed by atoms with Gasteiger partial charge in [0.1, 0.15) is 0 Å². The van der Waals surface area contributed by atoms with Gasteiger partial charge in [0, 0.05) is 5.56 Å². The van der Waals surface area contributed by atoms with Crippen LogP contribution in [0.25, 0.3) is 0 Å². The van der Waals surface area contributed by atoms with Gasteiger partial charge in [0.25, 0.3) is 0 Å². The molecule has 276 valence electrons. The summed E-state index contributed by atoms with van der Waals surface area (Å²) < 4.78 is 203. The van der Waals surface area contributed by atoms with E-state index in [0.29, 0.717) is 42.4 Å². The maximum absolute atomic E-state index is 14.4. The molecular weight excluding hydrogens is 685 g/mol. The van der Waals surface area contributed by atoms with E-state index in [1.807, 2.05) is 0 Å². The zero-order valence-electron chi connectivity index (χ0n) is 25.9. The van der Waals surface area contributed by atoms with Crippen molar-refractivity contribution in [2.75, 3.05) is 0 Å². The van der Waals surface area contributed by atoms with Gasteiger partial charge >= 0.3 is 41.7 Å². The van der Waals surface area contributed by atoms with Gasteiger partial charge in [0.05, 0.1) is 0 Å². The first-order valence-corrected chi connectivity index (χ1v) is 15.8. The predicted octanol–water partition coefficient (Wildman–Crippen LogP) is 12.3. The van der Waals surface area contributed by atoms with E-state index >= 15 is 0 Å². The second-order valence-corrected chi connectivity index (χ2v) is 13.2. The third-order valence-electron chi connectivity index (χ3n) is 10.0. The molecule has 0 saturated heterocycles. The lowest BCUT2D eigenvalue weighted by Crippen LogP contribution is -2.73. The minimum Gasteiger partial charge on any atom is -0.287 e. The van der Waals surface area contributed by atoms with E-state index in [-0.39, 0.29) is 5.92 Å². The molecule has 1 aromatic rings. The van der Waals surface area contributed by atoms with E-state index in [1.165, 1.54) is 44.9 Å². The third kappa shape index (κ3) is 7.32. The van der Waals surface area contributed by atoms with Crippen molar-refractivity contribution in [3.63, 3.8) is 0 Å². The van der Waals surface area contributed by atoms with Crippen molar-refractivity contribution in [1.82, 2.24) is 0 Å². The Bertz CT molecular complexity index is 1210. The predicted molar refractivity (Wildman–Crippen MR) is 145 cm³/mol. The molecule has 2 saturated carbocycles. The normalized spacial score (nSPS) is 24.1. The van der Waals surface area contributed by atoms with Gasteiger partial charge in [-0.1, -0.05) is 89.0 Å². The molecule has 0 bridgehead atoms. The van der Waals surface area contributed by atoms with Gasteiger partial charge in [-0.15, -0.1) is 0 Å². The molecule has 0 atom stereocenters. The van der Waals surface area contributed by atoms with Crippen molar-refractivity contribution in [3.05, 3.63) is 35.4 Å². The lowest BCUT2D eigenvalue weighted by molar-refractivity contribution is -0.449. The highest BCUT2D eigenvalue weighted by atomic mass is 19.4. The molecule has 3 rings (SSSR count). The molecule has 0 aliphatic heterocycles. The SMILES string of the molecule is CCCC[C@H]1CC[C@H](CC[C@H]2CC[C@H](c3ccc(C(=O)C(F)(F)C(F)(F)C(F)(F)C(F)(F)C(F)(F)C(F)(F)C(F)(F)F)cc3)CC2)CC1. The number of carbonyl (C=O) groups is 1. The lowest BCUT2D eigenvalue weighted by Gasteiger charge is -2.41. The van der Waals surface area contributed by atoms with Gasteiger partial charge in [-0.05, 0) is 54.9 Å². The Hall–Kier alpha value is -2.16. The summed E-state index contributed by atoms with van der Waals surface area (Å²) in [6, 6.07) is 3.06. The van der Waals surface area contributed by atoms with Crippen LogP contribution in [0.1, 0.15) is 112 Å². The molecule has 2 aliphatic rings. The summed E-state index contributed by atoms with van der Waals surface area (Å²) in [6.07, 6.45) is 6.00. The fourth-order valence-corrected chi connectivity index (χ4v) is 6.75. The third-order valence-corrected chi connectivity index (χ3v) is 10.0. The van der Waals surface area contributed by atoms with Crippen molar-refractivity contribution in [1.29, 1.82) is 0 Å². The number of carbonyl (C=O) groups excluding carboxylic acids is 1. The number of halogens is 15. The van der Waals surface area contributed by atoms with Gasteiger partial charge in [0.2, 0.25) is 5.78 Å². The second-order valence-electron chi connectivity index (χ2n) is 13.2. The summed E-state index contributed by atoms with van der Waals surface area (Å²) in [4.78, 5) is 12.2. The Kier molecular flexibility index (Phi) is 11.9. The number of unbranched alkanes of at least 4 members (excludes halogenated alkanes) is 1. The molecule has 0 heterocycles. The van der Waals surface area contributed by atoms with Crippen molar-refractivity contribution < 1.29 is 70.7 Å². The summed E-state index contributed by atoms with van der Waals surface area (Å²) in [5, 5.41) is 0. The first kappa shape index (κ1) is 40.3. The van der Waals surface area contributed by atoms with E-state index < -0.39 is 53.1 Å². The Morgan fingerprint density at radius 1 is 0.542 bits per heavy atom. The lowest BCUT2D eigenvalue weighted by atomic mass is 9.74. The molecule has 16 heteroatoms. The topological polar surface area (TPSA) is 17.1 Å². The van der Waals surface area contributed by atoms with Crippen molar-refractivity contribution >= 4 is 5.78 Å². The zero-order valence-corrected chi connectivity index (χ0v) is 25.9. The monoisotopic (exact) mass is 722 g/mol. The van der Waals surface area contributed by atoms with Crippen LogP contribution in [0, 0.1) is 17.8 Å². The van der Waals surface area contributed by atoms with E-state index in [2.05, 4.69) is 6.92 Å². The Morgan fingerprint density at radius 2 is 0.917 bits per heavy atom. The van der Waals surface area contributed by atoms with Gasteiger partial charge in [-0.3, -0.25) is 4.79 Å². The molecule has 0 N–H and O–H groups in total. The highest BCUT2D eigenvalue weighted by Gasteiger charge is 2.94. The summed E-state index contributed by atoms with van der Waals surface area (Å²) in [5.41, 5.74) is -0.996. The van der Waals surface area contributed by atoms with E-state index in [9.17, 15) is 70.7 Å². The van der Waals surface area contributed by atoms with Crippen LogP contribution in [0.3, 0.4) is 0 Å². The van der Waals surface area contributed by atoms with Crippen molar-refractivity contribution in [3.8, 4) is 0 Å². The summed E-state index contributed by atoms with van der Waals surface area (Å²) in [7, 11) is 0. The number of Topliss-reactive ketones (excluding diaryl/α,β-unsaturated/α-hetero) is 1. The number of hydrogen-bond acceptors (Lipinski definition) is 1. The Balaban J connectivity index is 1.64. The van der Waals surface area contributed by atoms with E-state index in [0.717, 1.165) is 43.7 Å². The molecule has 48 heavy (non-hydrogen) atoms. The highest BCUT2D eigenvalue weighted by Crippen LogP contribution is 2.62. The Morgan fingerprint density at radius 3 is 1.33 bits per heavy atom. The van der Waals surface area contributed by atoms with Crippen LogP contribution < -0.4 is 0 Å².